The Morgan fingerprint density at radius 1 is 1.03 bits per heavy atom. The van der Waals surface area contributed by atoms with Crippen LogP contribution in [0.3, 0.4) is 0 Å². The molecule has 0 aliphatic rings. The van der Waals surface area contributed by atoms with Crippen molar-refractivity contribution < 1.29 is 13.2 Å². The monoisotopic (exact) mass is 511 g/mol. The van der Waals surface area contributed by atoms with Crippen molar-refractivity contribution in [3.8, 4) is 23.0 Å². The van der Waals surface area contributed by atoms with E-state index >= 15 is 0 Å². The van der Waals surface area contributed by atoms with Gasteiger partial charge >= 0.3 is 0 Å². The smallest absolute Gasteiger partial charge is 0.262 e. The molecule has 9 heteroatoms. The predicted octanol–water partition coefficient (Wildman–Crippen LogP) is 4.01. The summed E-state index contributed by atoms with van der Waals surface area (Å²) in [5.41, 5.74) is 3.04. The van der Waals surface area contributed by atoms with Crippen LogP contribution in [0.1, 0.15) is 11.1 Å². The largest absolute Gasteiger partial charge is 0.347 e. The van der Waals surface area contributed by atoms with E-state index < -0.39 is 15.9 Å². The van der Waals surface area contributed by atoms with Crippen LogP contribution in [0.15, 0.2) is 102 Å². The highest BCUT2D eigenvalue weighted by molar-refractivity contribution is 7.89. The molecule has 1 heterocycles. The molecule has 0 atom stereocenters. The molecule has 0 aliphatic heterocycles. The van der Waals surface area contributed by atoms with Crippen molar-refractivity contribution in [1.29, 1.82) is 5.26 Å². The number of nitriles is 1. The summed E-state index contributed by atoms with van der Waals surface area (Å²) in [6.07, 6.45) is 3.18. The molecule has 4 rings (SSSR count). The van der Waals surface area contributed by atoms with Crippen LogP contribution >= 0.6 is 0 Å². The molecular formula is C28H25N5O3S. The van der Waals surface area contributed by atoms with Crippen molar-refractivity contribution in [2.75, 3.05) is 14.1 Å². The number of nitrogens with one attached hydrogen (secondary N) is 1. The van der Waals surface area contributed by atoms with Crippen molar-refractivity contribution >= 4 is 22.0 Å². The van der Waals surface area contributed by atoms with Gasteiger partial charge in [-0.25, -0.2) is 17.4 Å². The minimum atomic E-state index is -3.67. The lowest BCUT2D eigenvalue weighted by Crippen LogP contribution is -2.23. The van der Waals surface area contributed by atoms with Crippen molar-refractivity contribution in [3.63, 3.8) is 0 Å². The minimum absolute atomic E-state index is 0.0955. The molecule has 1 aromatic heterocycles. The minimum Gasteiger partial charge on any atom is -0.347 e. The Hall–Kier alpha value is -4.52. The fraction of sp³-hybridized carbons (Fsp3) is 0.107. The van der Waals surface area contributed by atoms with Crippen molar-refractivity contribution in [2.45, 2.75) is 11.4 Å². The quantitative estimate of drug-likeness (QED) is 0.284. The number of hydrogen-bond acceptors (Lipinski definition) is 5. The van der Waals surface area contributed by atoms with Gasteiger partial charge < -0.3 is 5.32 Å². The van der Waals surface area contributed by atoms with Crippen LogP contribution in [0, 0.1) is 11.3 Å². The predicted molar refractivity (Wildman–Crippen MR) is 142 cm³/mol. The standard InChI is InChI=1S/C28H25N5O3S/c1-32(2)37(35,36)26-15-9-12-22(17-26)27-24(20-33(31-27)25-13-7-4-8-14-25)16-23(18-29)28(34)30-19-21-10-5-3-6-11-21/h3-17,20H,19H2,1-2H3,(H,30,34). The highest BCUT2D eigenvalue weighted by atomic mass is 32.2. The summed E-state index contributed by atoms with van der Waals surface area (Å²) in [7, 11) is -0.742. The second-order valence-corrected chi connectivity index (χ2v) is 10.5. The van der Waals surface area contributed by atoms with Gasteiger partial charge in [-0.2, -0.15) is 10.4 Å². The van der Waals surface area contributed by atoms with Crippen molar-refractivity contribution in [3.05, 3.63) is 108 Å². The number of sulfonamides is 1. The van der Waals surface area contributed by atoms with E-state index in [9.17, 15) is 18.5 Å². The van der Waals surface area contributed by atoms with Crippen LogP contribution in [0.5, 0.6) is 0 Å². The van der Waals surface area contributed by atoms with E-state index in [1.807, 2.05) is 66.7 Å². The molecule has 0 fully saturated rings. The molecule has 0 saturated carbocycles. The number of benzene rings is 3. The average molecular weight is 512 g/mol. The van der Waals surface area contributed by atoms with Gasteiger partial charge in [0, 0.05) is 38.0 Å². The van der Waals surface area contributed by atoms with E-state index in [1.54, 1.807) is 23.0 Å². The fourth-order valence-electron chi connectivity index (χ4n) is 3.62. The Labute approximate surface area is 216 Å². The molecule has 8 nitrogen and oxygen atoms in total. The first-order valence-corrected chi connectivity index (χ1v) is 12.9. The second-order valence-electron chi connectivity index (χ2n) is 8.37. The molecule has 0 spiro atoms. The molecule has 0 unspecified atom stereocenters. The fourth-order valence-corrected chi connectivity index (χ4v) is 4.57. The van der Waals surface area contributed by atoms with Crippen LogP contribution in [-0.2, 0) is 21.4 Å². The lowest BCUT2D eigenvalue weighted by atomic mass is 10.1. The van der Waals surface area contributed by atoms with E-state index in [0.717, 1.165) is 15.6 Å². The highest BCUT2D eigenvalue weighted by Gasteiger charge is 2.20. The Morgan fingerprint density at radius 2 is 1.70 bits per heavy atom. The van der Waals surface area contributed by atoms with E-state index in [1.165, 1.54) is 32.3 Å². The molecule has 1 amide bonds. The van der Waals surface area contributed by atoms with Gasteiger partial charge in [-0.05, 0) is 35.9 Å². The normalized spacial score (nSPS) is 11.8. The molecule has 4 aromatic rings. The Bertz CT molecular complexity index is 1590. The lowest BCUT2D eigenvalue weighted by Gasteiger charge is -2.12. The van der Waals surface area contributed by atoms with Gasteiger partial charge in [0.25, 0.3) is 5.91 Å². The summed E-state index contributed by atoms with van der Waals surface area (Å²) in [6, 6.07) is 27.2. The molecular weight excluding hydrogens is 486 g/mol. The number of carbonyl (C=O) groups excluding carboxylic acids is 1. The maximum absolute atomic E-state index is 12.8. The molecule has 1 N–H and O–H groups in total. The zero-order chi connectivity index (χ0) is 26.4. The molecule has 0 aliphatic carbocycles. The number of rotatable bonds is 8. The zero-order valence-corrected chi connectivity index (χ0v) is 21.2. The topological polar surface area (TPSA) is 108 Å². The summed E-state index contributed by atoms with van der Waals surface area (Å²) in [6.45, 7) is 0.277. The van der Waals surface area contributed by atoms with Crippen LogP contribution < -0.4 is 5.32 Å². The maximum Gasteiger partial charge on any atom is 0.262 e. The third-order valence-electron chi connectivity index (χ3n) is 5.61. The van der Waals surface area contributed by atoms with Crippen molar-refractivity contribution in [2.24, 2.45) is 0 Å². The van der Waals surface area contributed by atoms with E-state index in [2.05, 4.69) is 10.4 Å². The first-order valence-electron chi connectivity index (χ1n) is 11.4. The van der Waals surface area contributed by atoms with Crippen molar-refractivity contribution in [1.82, 2.24) is 19.4 Å². The third kappa shape index (κ3) is 5.83. The second kappa shape index (κ2) is 11.0. The van der Waals surface area contributed by atoms with Gasteiger partial charge in [-0.15, -0.1) is 0 Å². The Balaban J connectivity index is 1.76. The highest BCUT2D eigenvalue weighted by Crippen LogP contribution is 2.28. The maximum atomic E-state index is 12.8. The SMILES string of the molecule is CN(C)S(=O)(=O)c1cccc(-c2nn(-c3ccccc3)cc2C=C(C#N)C(=O)NCc2ccccc2)c1. The summed E-state index contributed by atoms with van der Waals surface area (Å²) in [5, 5.41) is 17.2. The number of para-hydroxylation sites is 1. The summed E-state index contributed by atoms with van der Waals surface area (Å²) in [5.74, 6) is -0.520. The van der Waals surface area contributed by atoms with Crippen LogP contribution in [0.25, 0.3) is 23.0 Å². The number of aromatic nitrogens is 2. The first-order chi connectivity index (χ1) is 17.8. The lowest BCUT2D eigenvalue weighted by molar-refractivity contribution is -0.117. The third-order valence-corrected chi connectivity index (χ3v) is 7.42. The summed E-state index contributed by atoms with van der Waals surface area (Å²) in [4.78, 5) is 12.9. The van der Waals surface area contributed by atoms with Crippen LogP contribution in [-0.4, -0.2) is 42.5 Å². The number of nitrogens with zero attached hydrogens (tertiary/aromatic N) is 4. The molecule has 37 heavy (non-hydrogen) atoms. The van der Waals surface area contributed by atoms with Gasteiger partial charge in [0.15, 0.2) is 0 Å². The van der Waals surface area contributed by atoms with Crippen LogP contribution in [0.2, 0.25) is 0 Å². The Morgan fingerprint density at radius 3 is 2.35 bits per heavy atom. The Kier molecular flexibility index (Phi) is 7.63. The van der Waals surface area contributed by atoms with Gasteiger partial charge in [-0.1, -0.05) is 60.7 Å². The molecule has 3 aromatic carbocycles. The molecule has 0 saturated heterocycles. The van der Waals surface area contributed by atoms with Crippen LogP contribution in [0.4, 0.5) is 0 Å². The number of amides is 1. The zero-order valence-electron chi connectivity index (χ0n) is 20.4. The molecule has 186 valence electrons. The number of carbonyl (C=O) groups is 1. The molecule has 0 bridgehead atoms. The van der Waals surface area contributed by atoms with Gasteiger partial charge in [0.2, 0.25) is 10.0 Å². The van der Waals surface area contributed by atoms with Gasteiger partial charge in [-0.3, -0.25) is 4.79 Å². The first kappa shape index (κ1) is 25.6. The van der Waals surface area contributed by atoms with E-state index in [4.69, 9.17) is 0 Å². The molecule has 0 radical (unpaired) electrons. The van der Waals surface area contributed by atoms with E-state index in [0.29, 0.717) is 16.8 Å². The summed E-state index contributed by atoms with van der Waals surface area (Å²) >= 11 is 0. The van der Waals surface area contributed by atoms with Gasteiger partial charge in [0.1, 0.15) is 17.3 Å². The number of hydrogen-bond donors (Lipinski definition) is 1. The summed E-state index contributed by atoms with van der Waals surface area (Å²) < 4.78 is 28.2. The van der Waals surface area contributed by atoms with E-state index in [-0.39, 0.29) is 17.0 Å². The average Bonchev–Trinajstić information content (AvgIpc) is 3.35. The van der Waals surface area contributed by atoms with Gasteiger partial charge in [0.05, 0.1) is 10.6 Å².